The number of pyridine rings is 1. The highest BCUT2D eigenvalue weighted by atomic mass is 79.9. The summed E-state index contributed by atoms with van der Waals surface area (Å²) in [7, 11) is 3.34. The molecule has 3 rings (SSSR count). The van der Waals surface area contributed by atoms with Gasteiger partial charge in [-0.2, -0.15) is 0 Å². The molecule has 1 saturated heterocycles. The zero-order chi connectivity index (χ0) is 16.6. The molecule has 3 heterocycles. The lowest BCUT2D eigenvalue weighted by Gasteiger charge is -2.27. The van der Waals surface area contributed by atoms with Crippen LogP contribution in [0.1, 0.15) is 10.4 Å². The van der Waals surface area contributed by atoms with E-state index in [-0.39, 0.29) is 11.5 Å². The Morgan fingerprint density at radius 3 is 2.65 bits per heavy atom. The Kier molecular flexibility index (Phi) is 4.36. The molecule has 0 N–H and O–H groups in total. The van der Waals surface area contributed by atoms with Gasteiger partial charge >= 0.3 is 0 Å². The van der Waals surface area contributed by atoms with Gasteiger partial charge in [0, 0.05) is 39.4 Å². The van der Waals surface area contributed by atoms with E-state index in [0.29, 0.717) is 47.8 Å². The first kappa shape index (κ1) is 15.9. The van der Waals surface area contributed by atoms with Crippen molar-refractivity contribution in [3.63, 3.8) is 0 Å². The third-order valence-electron chi connectivity index (χ3n) is 3.69. The zero-order valence-electron chi connectivity index (χ0n) is 13.0. The quantitative estimate of drug-likeness (QED) is 0.777. The zero-order valence-corrected chi connectivity index (χ0v) is 14.5. The van der Waals surface area contributed by atoms with Crippen LogP contribution in [0, 0.1) is 0 Å². The number of morpholine rings is 1. The smallest absolute Gasteiger partial charge is 0.260 e. The van der Waals surface area contributed by atoms with Crippen molar-refractivity contribution in [3.05, 3.63) is 38.7 Å². The summed E-state index contributed by atoms with van der Waals surface area (Å²) in [6.45, 7) is 2.66. The van der Waals surface area contributed by atoms with E-state index < -0.39 is 0 Å². The number of fused-ring (bicyclic) bond motifs is 1. The molecule has 2 aromatic heterocycles. The Bertz CT molecular complexity index is 812. The van der Waals surface area contributed by atoms with Crippen molar-refractivity contribution >= 4 is 33.3 Å². The Labute approximate surface area is 141 Å². The van der Waals surface area contributed by atoms with E-state index in [1.165, 1.54) is 21.6 Å². The molecule has 1 amide bonds. The maximum atomic E-state index is 12.5. The molecule has 8 heteroatoms. The lowest BCUT2D eigenvalue weighted by molar-refractivity contribution is 0.0827. The Balaban J connectivity index is 2.11. The second-order valence-corrected chi connectivity index (χ2v) is 6.38. The molecule has 0 aromatic carbocycles. The van der Waals surface area contributed by atoms with Gasteiger partial charge in [0.05, 0.1) is 23.2 Å². The van der Waals surface area contributed by atoms with E-state index in [1.54, 1.807) is 20.2 Å². The largest absolute Gasteiger partial charge is 0.378 e. The Morgan fingerprint density at radius 1 is 1.30 bits per heavy atom. The summed E-state index contributed by atoms with van der Waals surface area (Å²) in [5.41, 5.74) is 0.706. The summed E-state index contributed by atoms with van der Waals surface area (Å²) in [6, 6.07) is 3.18. The number of aromatic nitrogens is 2. The van der Waals surface area contributed by atoms with Crippen molar-refractivity contribution < 1.29 is 9.53 Å². The van der Waals surface area contributed by atoms with Gasteiger partial charge in [-0.05, 0) is 22.0 Å². The highest BCUT2D eigenvalue weighted by Crippen LogP contribution is 2.20. The van der Waals surface area contributed by atoms with Gasteiger partial charge in [-0.15, -0.1) is 0 Å². The van der Waals surface area contributed by atoms with Crippen LogP contribution >= 0.6 is 15.9 Å². The summed E-state index contributed by atoms with van der Waals surface area (Å²) in [5.74, 6) is 0.461. The lowest BCUT2D eigenvalue weighted by Crippen LogP contribution is -2.37. The molecule has 0 bridgehead atoms. The predicted molar refractivity (Wildman–Crippen MR) is 90.2 cm³/mol. The number of hydrogen-bond acceptors (Lipinski definition) is 5. The SMILES string of the molecule is CN(C)C(=O)c1cc(Br)c2nc(N3CCOCC3)cc(=O)n2c1. The van der Waals surface area contributed by atoms with Crippen molar-refractivity contribution in [2.75, 3.05) is 45.3 Å². The van der Waals surface area contributed by atoms with E-state index in [1.807, 2.05) is 4.90 Å². The van der Waals surface area contributed by atoms with E-state index in [0.717, 1.165) is 0 Å². The Morgan fingerprint density at radius 2 is 2.00 bits per heavy atom. The maximum absolute atomic E-state index is 12.5. The molecular weight excluding hydrogens is 364 g/mol. The molecule has 1 aliphatic rings. The van der Waals surface area contributed by atoms with Gasteiger partial charge in [0.15, 0.2) is 5.65 Å². The molecule has 0 saturated carbocycles. The number of carbonyl (C=O) groups excluding carboxylic acids is 1. The molecule has 0 radical (unpaired) electrons. The minimum absolute atomic E-state index is 0.170. The molecule has 23 heavy (non-hydrogen) atoms. The van der Waals surface area contributed by atoms with Gasteiger partial charge in [-0.1, -0.05) is 0 Å². The van der Waals surface area contributed by atoms with Gasteiger partial charge in [-0.25, -0.2) is 4.98 Å². The van der Waals surface area contributed by atoms with Gasteiger partial charge in [0.25, 0.3) is 11.5 Å². The van der Waals surface area contributed by atoms with E-state index in [4.69, 9.17) is 4.74 Å². The maximum Gasteiger partial charge on any atom is 0.260 e. The van der Waals surface area contributed by atoms with Crippen LogP contribution in [-0.2, 0) is 4.74 Å². The number of hydrogen-bond donors (Lipinski definition) is 0. The first-order valence-corrected chi connectivity index (χ1v) is 8.04. The normalized spacial score (nSPS) is 15.0. The average molecular weight is 381 g/mol. The molecule has 7 nitrogen and oxygen atoms in total. The van der Waals surface area contributed by atoms with Crippen molar-refractivity contribution in [1.29, 1.82) is 0 Å². The molecule has 122 valence electrons. The van der Waals surface area contributed by atoms with Crippen LogP contribution in [0.2, 0.25) is 0 Å². The molecule has 0 aliphatic carbocycles. The number of amides is 1. The van der Waals surface area contributed by atoms with Crippen molar-refractivity contribution in [2.24, 2.45) is 0 Å². The number of rotatable bonds is 2. The van der Waals surface area contributed by atoms with E-state index in [2.05, 4.69) is 20.9 Å². The molecule has 2 aromatic rings. The fraction of sp³-hybridized carbons (Fsp3) is 0.400. The molecule has 0 atom stereocenters. The first-order chi connectivity index (χ1) is 11.0. The van der Waals surface area contributed by atoms with Crippen LogP contribution < -0.4 is 10.5 Å². The second kappa shape index (κ2) is 6.29. The lowest BCUT2D eigenvalue weighted by atomic mass is 10.2. The number of halogens is 1. The molecule has 1 aliphatic heterocycles. The fourth-order valence-electron chi connectivity index (χ4n) is 2.48. The molecule has 0 spiro atoms. The van der Waals surface area contributed by atoms with Crippen LogP contribution in [0.5, 0.6) is 0 Å². The summed E-state index contributed by atoms with van der Waals surface area (Å²) in [6.07, 6.45) is 1.53. The van der Waals surface area contributed by atoms with Gasteiger partial charge in [0.2, 0.25) is 0 Å². The molecule has 0 unspecified atom stereocenters. The number of ether oxygens (including phenoxy) is 1. The minimum atomic E-state index is -0.217. The number of carbonyl (C=O) groups is 1. The van der Waals surface area contributed by atoms with E-state index in [9.17, 15) is 9.59 Å². The summed E-state index contributed by atoms with van der Waals surface area (Å²) >= 11 is 3.42. The summed E-state index contributed by atoms with van der Waals surface area (Å²) in [5, 5.41) is 0. The first-order valence-electron chi connectivity index (χ1n) is 7.24. The predicted octanol–water partition coefficient (Wildman–Crippen LogP) is 0.995. The van der Waals surface area contributed by atoms with Crippen molar-refractivity contribution in [1.82, 2.24) is 14.3 Å². The van der Waals surface area contributed by atoms with Crippen LogP contribution in [0.25, 0.3) is 5.65 Å². The average Bonchev–Trinajstić information content (AvgIpc) is 2.55. The monoisotopic (exact) mass is 380 g/mol. The number of nitrogens with zero attached hydrogens (tertiary/aromatic N) is 4. The highest BCUT2D eigenvalue weighted by molar-refractivity contribution is 9.10. The molecule has 1 fully saturated rings. The summed E-state index contributed by atoms with van der Waals surface area (Å²) < 4.78 is 7.33. The highest BCUT2D eigenvalue weighted by Gasteiger charge is 2.17. The Hall–Kier alpha value is -1.93. The van der Waals surface area contributed by atoms with Gasteiger partial charge in [-0.3, -0.25) is 14.0 Å². The van der Waals surface area contributed by atoms with Crippen LogP contribution in [0.4, 0.5) is 5.82 Å². The van der Waals surface area contributed by atoms with E-state index >= 15 is 0 Å². The van der Waals surface area contributed by atoms with Crippen LogP contribution in [0.3, 0.4) is 0 Å². The van der Waals surface area contributed by atoms with Crippen molar-refractivity contribution in [3.8, 4) is 0 Å². The minimum Gasteiger partial charge on any atom is -0.378 e. The molecular formula is C15H17BrN4O3. The van der Waals surface area contributed by atoms with Crippen molar-refractivity contribution in [2.45, 2.75) is 0 Å². The third-order valence-corrected chi connectivity index (χ3v) is 4.27. The van der Waals surface area contributed by atoms with Crippen LogP contribution in [0.15, 0.2) is 27.6 Å². The second-order valence-electron chi connectivity index (χ2n) is 5.52. The van der Waals surface area contributed by atoms with Crippen LogP contribution in [-0.4, -0.2) is 60.6 Å². The van der Waals surface area contributed by atoms with Gasteiger partial charge < -0.3 is 14.5 Å². The summed E-state index contributed by atoms with van der Waals surface area (Å²) in [4.78, 5) is 32.6. The fourth-order valence-corrected chi connectivity index (χ4v) is 3.01. The standard InChI is InChI=1S/C15H17BrN4O3/c1-18(2)15(22)10-7-11(16)14-17-12(8-13(21)20(14)9-10)19-3-5-23-6-4-19/h7-9H,3-6H2,1-2H3. The third kappa shape index (κ3) is 3.09. The number of anilines is 1. The van der Waals surface area contributed by atoms with Gasteiger partial charge in [0.1, 0.15) is 5.82 Å². The topological polar surface area (TPSA) is 67.2 Å².